The highest BCUT2D eigenvalue weighted by atomic mass is 32.1. The van der Waals surface area contributed by atoms with Crippen molar-refractivity contribution < 1.29 is 14.4 Å². The van der Waals surface area contributed by atoms with Crippen molar-refractivity contribution in [2.45, 2.75) is 65.4 Å². The fraction of sp³-hybridized carbons (Fsp3) is 0.444. The van der Waals surface area contributed by atoms with Gasteiger partial charge in [0.1, 0.15) is 5.75 Å². The zero-order valence-electron chi connectivity index (χ0n) is 19.0. The summed E-state index contributed by atoms with van der Waals surface area (Å²) in [5.41, 5.74) is 5.76. The van der Waals surface area contributed by atoms with E-state index in [1.54, 1.807) is 11.3 Å². The molecule has 1 aliphatic heterocycles. The molecule has 4 heteroatoms. The van der Waals surface area contributed by atoms with Gasteiger partial charge in [0.05, 0.1) is 11.5 Å². The molecule has 2 heterocycles. The van der Waals surface area contributed by atoms with Crippen LogP contribution >= 0.6 is 11.3 Å². The molecule has 3 aromatic rings. The molecule has 1 aromatic heterocycles. The minimum absolute atomic E-state index is 0.151. The first-order valence-corrected chi connectivity index (χ1v) is 12.3. The molecule has 0 N–H and O–H groups in total. The summed E-state index contributed by atoms with van der Waals surface area (Å²) < 4.78 is 8.35. The summed E-state index contributed by atoms with van der Waals surface area (Å²) in [6.45, 7) is 9.02. The Morgan fingerprint density at radius 1 is 1.03 bits per heavy atom. The predicted octanol–water partition coefficient (Wildman–Crippen LogP) is 4.85. The Morgan fingerprint density at radius 2 is 1.74 bits per heavy atom. The summed E-state index contributed by atoms with van der Waals surface area (Å²) in [5, 5.41) is 15.9. The van der Waals surface area contributed by atoms with E-state index in [1.807, 2.05) is 31.2 Å². The third-order valence-electron chi connectivity index (χ3n) is 6.98. The van der Waals surface area contributed by atoms with Gasteiger partial charge in [0, 0.05) is 23.1 Å². The standard InChI is InChI=1S/C27H31NO2S/c1-17-14-18(2)25(19(3)15-17)28-22-11-6-5-7-13-24(22)31-26(28)27(29)20(4)16-30-23-12-9-8-10-21(23)27/h8-10,12,14-15,20H,5-7,11,13,16H2,1-4H3. The Bertz CT molecular complexity index is 1130. The minimum Gasteiger partial charge on any atom is -0.837 e. The molecule has 31 heavy (non-hydrogen) atoms. The highest BCUT2D eigenvalue weighted by Gasteiger charge is 2.45. The zero-order valence-corrected chi connectivity index (χ0v) is 19.8. The van der Waals surface area contributed by atoms with Gasteiger partial charge in [-0.15, -0.1) is 0 Å². The van der Waals surface area contributed by atoms with E-state index in [4.69, 9.17) is 4.74 Å². The van der Waals surface area contributed by atoms with Crippen molar-refractivity contribution in [3.05, 3.63) is 74.2 Å². The summed E-state index contributed by atoms with van der Waals surface area (Å²) in [5.74, 6) is 0.588. The lowest BCUT2D eigenvalue weighted by Crippen LogP contribution is -2.58. The molecule has 0 fully saturated rings. The van der Waals surface area contributed by atoms with E-state index in [0.717, 1.165) is 29.2 Å². The highest BCUT2D eigenvalue weighted by molar-refractivity contribution is 7.11. The molecule has 162 valence electrons. The van der Waals surface area contributed by atoms with Gasteiger partial charge >= 0.3 is 0 Å². The van der Waals surface area contributed by atoms with E-state index in [9.17, 15) is 5.11 Å². The van der Waals surface area contributed by atoms with E-state index in [2.05, 4.69) is 37.5 Å². The molecule has 0 saturated carbocycles. The zero-order chi connectivity index (χ0) is 21.8. The molecule has 0 bridgehead atoms. The summed E-state index contributed by atoms with van der Waals surface area (Å²) in [6, 6.07) is 12.3. The molecule has 2 unspecified atom stereocenters. The number of ether oxygens (including phenoxy) is 1. The van der Waals surface area contributed by atoms with Gasteiger partial charge in [-0.05, 0) is 69.7 Å². The number of nitrogens with zero attached hydrogens (tertiary/aromatic N) is 1. The van der Waals surface area contributed by atoms with Crippen LogP contribution < -0.4 is 14.4 Å². The molecule has 1 aliphatic carbocycles. The third kappa shape index (κ3) is 3.23. The van der Waals surface area contributed by atoms with Crippen LogP contribution in [0.1, 0.15) is 64.0 Å². The lowest BCUT2D eigenvalue weighted by Gasteiger charge is -2.46. The van der Waals surface area contributed by atoms with Crippen LogP contribution in [0.2, 0.25) is 0 Å². The average Bonchev–Trinajstić information content (AvgIpc) is 2.93. The number of rotatable bonds is 2. The smallest absolute Gasteiger partial charge is 0.238 e. The normalized spacial score (nSPS) is 22.9. The van der Waals surface area contributed by atoms with Gasteiger partial charge in [0.15, 0.2) is 0 Å². The summed E-state index contributed by atoms with van der Waals surface area (Å²) >= 11 is 1.76. The molecular formula is C27H31NO2S. The monoisotopic (exact) mass is 433 g/mol. The minimum atomic E-state index is -1.32. The first-order valence-electron chi connectivity index (χ1n) is 11.5. The first-order chi connectivity index (χ1) is 14.9. The van der Waals surface area contributed by atoms with Crippen LogP contribution in [0.25, 0.3) is 5.69 Å². The van der Waals surface area contributed by atoms with Crippen molar-refractivity contribution in [2.75, 3.05) is 6.61 Å². The van der Waals surface area contributed by atoms with Crippen LogP contribution in [-0.2, 0) is 18.4 Å². The predicted molar refractivity (Wildman–Crippen MR) is 123 cm³/mol. The Kier molecular flexibility index (Phi) is 5.18. The number of para-hydroxylation sites is 1. The maximum atomic E-state index is 15.0. The fourth-order valence-corrected chi connectivity index (χ4v) is 7.04. The highest BCUT2D eigenvalue weighted by Crippen LogP contribution is 2.45. The number of fused-ring (bicyclic) bond motifs is 2. The SMILES string of the molecule is Cc1cc(C)c(-[n+]2c(C3([O-])c4ccccc4OCC3C)sc3c2CCCCC3)c(C)c1. The maximum Gasteiger partial charge on any atom is 0.238 e. The molecular weight excluding hydrogens is 402 g/mol. The van der Waals surface area contributed by atoms with Crippen molar-refractivity contribution >= 4 is 11.3 Å². The molecule has 5 rings (SSSR count). The van der Waals surface area contributed by atoms with Gasteiger partial charge in [-0.2, -0.15) is 4.57 Å². The second kappa shape index (κ2) is 7.75. The maximum absolute atomic E-state index is 15.0. The third-order valence-corrected chi connectivity index (χ3v) is 8.34. The van der Waals surface area contributed by atoms with E-state index in [1.165, 1.54) is 52.2 Å². The van der Waals surface area contributed by atoms with Crippen molar-refractivity contribution in [3.8, 4) is 11.4 Å². The van der Waals surface area contributed by atoms with E-state index >= 15 is 0 Å². The molecule has 2 atom stereocenters. The molecule has 2 aliphatic rings. The van der Waals surface area contributed by atoms with E-state index < -0.39 is 5.60 Å². The summed E-state index contributed by atoms with van der Waals surface area (Å²) in [7, 11) is 0. The Labute approximate surface area is 189 Å². The van der Waals surface area contributed by atoms with Crippen LogP contribution in [0.15, 0.2) is 36.4 Å². The molecule has 0 radical (unpaired) electrons. The Balaban J connectivity index is 1.84. The lowest BCUT2D eigenvalue weighted by molar-refractivity contribution is -0.641. The van der Waals surface area contributed by atoms with Crippen molar-refractivity contribution in [2.24, 2.45) is 5.92 Å². The Hall–Kier alpha value is -2.17. The van der Waals surface area contributed by atoms with Crippen LogP contribution in [0.3, 0.4) is 0 Å². The Morgan fingerprint density at radius 3 is 2.52 bits per heavy atom. The number of aryl methyl sites for hydroxylation is 4. The van der Waals surface area contributed by atoms with E-state index in [-0.39, 0.29) is 5.92 Å². The van der Waals surface area contributed by atoms with Gasteiger partial charge in [0.25, 0.3) is 0 Å². The van der Waals surface area contributed by atoms with Crippen LogP contribution in [-0.4, -0.2) is 6.61 Å². The number of hydrogen-bond acceptors (Lipinski definition) is 3. The van der Waals surface area contributed by atoms with Crippen molar-refractivity contribution in [3.63, 3.8) is 0 Å². The molecule has 2 aromatic carbocycles. The van der Waals surface area contributed by atoms with Crippen LogP contribution in [0, 0.1) is 26.7 Å². The second-order valence-corrected chi connectivity index (χ2v) is 10.4. The van der Waals surface area contributed by atoms with Gasteiger partial charge in [-0.3, -0.25) is 0 Å². The quantitative estimate of drug-likeness (QED) is 0.428. The molecule has 0 spiro atoms. The first kappa shape index (κ1) is 20.7. The number of aromatic nitrogens is 1. The molecule has 0 saturated heterocycles. The number of thiazole rings is 1. The number of hydrogen-bond donors (Lipinski definition) is 0. The van der Waals surface area contributed by atoms with Gasteiger partial charge < -0.3 is 9.84 Å². The molecule has 0 amide bonds. The van der Waals surface area contributed by atoms with Gasteiger partial charge in [-0.25, -0.2) is 0 Å². The molecule has 3 nitrogen and oxygen atoms in total. The van der Waals surface area contributed by atoms with Gasteiger partial charge in [-0.1, -0.05) is 48.4 Å². The van der Waals surface area contributed by atoms with Gasteiger partial charge in [0.2, 0.25) is 16.4 Å². The second-order valence-electron chi connectivity index (χ2n) is 9.36. The topological polar surface area (TPSA) is 36.2 Å². The van der Waals surface area contributed by atoms with Crippen LogP contribution in [0.5, 0.6) is 5.75 Å². The fourth-order valence-electron chi connectivity index (χ4n) is 5.50. The lowest BCUT2D eigenvalue weighted by atomic mass is 9.80. The summed E-state index contributed by atoms with van der Waals surface area (Å²) in [4.78, 5) is 1.40. The summed E-state index contributed by atoms with van der Waals surface area (Å²) in [6.07, 6.45) is 5.78. The van der Waals surface area contributed by atoms with Crippen molar-refractivity contribution in [1.29, 1.82) is 0 Å². The van der Waals surface area contributed by atoms with Crippen LogP contribution in [0.4, 0.5) is 0 Å². The largest absolute Gasteiger partial charge is 0.837 e. The van der Waals surface area contributed by atoms with Crippen molar-refractivity contribution in [1.82, 2.24) is 0 Å². The average molecular weight is 434 g/mol. The van der Waals surface area contributed by atoms with E-state index in [0.29, 0.717) is 6.61 Å². The number of benzene rings is 2.